The molecule has 10 radical (unpaired) electrons. The highest BCUT2D eigenvalue weighted by Gasteiger charge is 2.49. The fraction of sp³-hybridized carbons (Fsp3) is 0.500. The lowest BCUT2D eigenvalue weighted by Gasteiger charge is -2.36. The lowest BCUT2D eigenvalue weighted by Crippen LogP contribution is -2.42. The van der Waals surface area contributed by atoms with E-state index in [2.05, 4.69) is 93.2 Å². The second kappa shape index (κ2) is 5.69. The molecule has 0 saturated heterocycles. The van der Waals surface area contributed by atoms with Gasteiger partial charge in [0.25, 0.3) is 0 Å². The van der Waals surface area contributed by atoms with Crippen LogP contribution < -0.4 is 0 Å². The Labute approximate surface area is 135 Å². The molecule has 0 nitrogen and oxygen atoms in total. The van der Waals surface area contributed by atoms with Gasteiger partial charge in [-0.25, -0.2) is 0 Å². The van der Waals surface area contributed by atoms with Gasteiger partial charge in [0.15, 0.2) is 0 Å². The molecular weight excluding hydrogens is 268 g/mol. The van der Waals surface area contributed by atoms with E-state index in [1.165, 1.54) is 11.8 Å². The fourth-order valence-corrected chi connectivity index (χ4v) is 5.13. The van der Waals surface area contributed by atoms with Crippen molar-refractivity contribution in [2.24, 2.45) is 10.8 Å². The summed E-state index contributed by atoms with van der Waals surface area (Å²) < 4.78 is 0. The highest BCUT2D eigenvalue weighted by atomic mass is 28.3. The second-order valence-corrected chi connectivity index (χ2v) is 13.3. The van der Waals surface area contributed by atoms with Crippen LogP contribution in [0.1, 0.15) is 41.5 Å². The standard InChI is InChI=1S/C20H30Si/c1-19(2,3)15-9-11-17(13-15)21(7,8)18-12-10-16(14-18)20(4,5)6/h9-14H,1-8H3. The molecule has 2 fully saturated rings. The number of hydrogen-bond acceptors (Lipinski definition) is 0. The summed E-state index contributed by atoms with van der Waals surface area (Å²) in [6, 6.07) is 0. The van der Waals surface area contributed by atoms with Crippen LogP contribution >= 0.6 is 0 Å². The zero-order valence-electron chi connectivity index (χ0n) is 15.0. The Bertz CT molecular complexity index is 321. The molecule has 114 valence electrons. The van der Waals surface area contributed by atoms with Crippen molar-refractivity contribution in [3.63, 3.8) is 0 Å². The molecule has 2 aliphatic rings. The SMILES string of the molecule is CC(C)(C)[C]1[CH][CH][C]([Si](C)(C)[C]2[CH][CH][C](C(C)(C)C)[CH]2)[CH]1. The van der Waals surface area contributed by atoms with Crippen LogP contribution in [0.5, 0.6) is 0 Å². The predicted molar refractivity (Wildman–Crippen MR) is 95.2 cm³/mol. The maximum Gasteiger partial charge on any atom is 0.0618 e. The summed E-state index contributed by atoms with van der Waals surface area (Å²) in [5, 5.41) is 0. The quantitative estimate of drug-likeness (QED) is 0.597. The molecule has 2 aliphatic carbocycles. The summed E-state index contributed by atoms with van der Waals surface area (Å²) in [5.74, 6) is 2.92. The minimum absolute atomic E-state index is 0.241. The van der Waals surface area contributed by atoms with Gasteiger partial charge in [-0.1, -0.05) is 54.6 Å². The molecule has 2 saturated carbocycles. The molecule has 0 aromatic heterocycles. The van der Waals surface area contributed by atoms with E-state index < -0.39 is 8.07 Å². The van der Waals surface area contributed by atoms with Crippen molar-refractivity contribution in [1.29, 1.82) is 0 Å². The zero-order valence-corrected chi connectivity index (χ0v) is 16.0. The van der Waals surface area contributed by atoms with Crippen molar-refractivity contribution in [1.82, 2.24) is 0 Å². The van der Waals surface area contributed by atoms with E-state index >= 15 is 0 Å². The van der Waals surface area contributed by atoms with E-state index in [9.17, 15) is 0 Å². The van der Waals surface area contributed by atoms with Crippen molar-refractivity contribution < 1.29 is 0 Å². The highest BCUT2D eigenvalue weighted by molar-refractivity contribution is 6.89. The summed E-state index contributed by atoms with van der Waals surface area (Å²) in [5.41, 5.74) is 3.59. The van der Waals surface area contributed by atoms with Crippen molar-refractivity contribution in [2.45, 2.75) is 54.6 Å². The Kier molecular flexibility index (Phi) is 4.76. The topological polar surface area (TPSA) is 0 Å². The number of hydrogen-bond donors (Lipinski definition) is 0. The second-order valence-electron chi connectivity index (χ2n) is 8.90. The molecule has 0 amide bonds. The molecule has 0 aliphatic heterocycles. The average molecular weight is 299 g/mol. The summed E-state index contributed by atoms with van der Waals surface area (Å²) in [4.78, 5) is 0. The monoisotopic (exact) mass is 298 g/mol. The number of rotatable bonds is 2. The highest BCUT2D eigenvalue weighted by Crippen LogP contribution is 2.52. The molecule has 0 aromatic rings. The zero-order chi connectivity index (χ0) is 16.1. The first-order chi connectivity index (χ1) is 9.42. The Morgan fingerprint density at radius 1 is 0.619 bits per heavy atom. The van der Waals surface area contributed by atoms with Crippen LogP contribution in [0, 0.1) is 72.3 Å². The third kappa shape index (κ3) is 3.76. The van der Waals surface area contributed by atoms with Crippen molar-refractivity contribution in [3.8, 4) is 0 Å². The van der Waals surface area contributed by atoms with Gasteiger partial charge in [-0.3, -0.25) is 0 Å². The normalized spacial score (nSPS) is 25.1. The molecule has 2 rings (SSSR count). The van der Waals surface area contributed by atoms with Crippen LogP contribution in [0.2, 0.25) is 13.1 Å². The molecule has 0 bridgehead atoms. The molecule has 0 N–H and O–H groups in total. The largest absolute Gasteiger partial charge is 0.0685 e. The lowest BCUT2D eigenvalue weighted by atomic mass is 9.80. The van der Waals surface area contributed by atoms with E-state index in [1.807, 2.05) is 0 Å². The lowest BCUT2D eigenvalue weighted by molar-refractivity contribution is 0.462. The van der Waals surface area contributed by atoms with Gasteiger partial charge in [0.05, 0.1) is 8.07 Å². The molecule has 0 aromatic carbocycles. The minimum Gasteiger partial charge on any atom is -0.0685 e. The molecule has 21 heavy (non-hydrogen) atoms. The molecule has 1 heteroatoms. The third-order valence-electron chi connectivity index (χ3n) is 4.68. The first kappa shape index (κ1) is 17.6. The van der Waals surface area contributed by atoms with Gasteiger partial charge in [0.2, 0.25) is 0 Å². The van der Waals surface area contributed by atoms with Gasteiger partial charge in [0.1, 0.15) is 0 Å². The van der Waals surface area contributed by atoms with Gasteiger partial charge in [-0.2, -0.15) is 0 Å². The summed E-state index contributed by atoms with van der Waals surface area (Å²) in [6.45, 7) is 18.7. The van der Waals surface area contributed by atoms with Gasteiger partial charge in [0, 0.05) is 0 Å². The van der Waals surface area contributed by atoms with Crippen LogP contribution in [0.3, 0.4) is 0 Å². The van der Waals surface area contributed by atoms with Gasteiger partial charge < -0.3 is 0 Å². The van der Waals surface area contributed by atoms with Crippen molar-refractivity contribution in [3.05, 3.63) is 61.4 Å². The molecule has 0 unspecified atom stereocenters. The van der Waals surface area contributed by atoms with E-state index in [1.54, 1.807) is 11.1 Å². The van der Waals surface area contributed by atoms with Crippen molar-refractivity contribution >= 4 is 8.07 Å². The Hall–Kier alpha value is 0.217. The van der Waals surface area contributed by atoms with Crippen LogP contribution in [-0.4, -0.2) is 8.07 Å². The smallest absolute Gasteiger partial charge is 0.0618 e. The molecule has 0 heterocycles. The first-order valence-electron chi connectivity index (χ1n) is 7.98. The van der Waals surface area contributed by atoms with E-state index in [0.29, 0.717) is 0 Å². The third-order valence-corrected chi connectivity index (χ3v) is 8.19. The first-order valence-corrected chi connectivity index (χ1v) is 11.0. The average Bonchev–Trinajstić information content (AvgIpc) is 2.97. The van der Waals surface area contributed by atoms with Crippen LogP contribution in [0.15, 0.2) is 0 Å². The van der Waals surface area contributed by atoms with E-state index in [4.69, 9.17) is 0 Å². The van der Waals surface area contributed by atoms with Crippen LogP contribution in [-0.2, 0) is 0 Å². The Balaban J connectivity index is 2.00. The molecular formula is C20H30Si. The van der Waals surface area contributed by atoms with E-state index in [0.717, 1.165) is 0 Å². The maximum absolute atomic E-state index is 2.47. The Morgan fingerprint density at radius 3 is 1.19 bits per heavy atom. The summed E-state index contributed by atoms with van der Waals surface area (Å²) in [7, 11) is -1.57. The van der Waals surface area contributed by atoms with Crippen molar-refractivity contribution in [2.75, 3.05) is 0 Å². The van der Waals surface area contributed by atoms with Crippen LogP contribution in [0.25, 0.3) is 0 Å². The van der Waals surface area contributed by atoms with Crippen LogP contribution in [0.4, 0.5) is 0 Å². The van der Waals surface area contributed by atoms with Gasteiger partial charge in [-0.05, 0) is 72.3 Å². The van der Waals surface area contributed by atoms with E-state index in [-0.39, 0.29) is 10.8 Å². The molecule has 0 spiro atoms. The van der Waals surface area contributed by atoms with Gasteiger partial charge >= 0.3 is 0 Å². The fourth-order valence-electron chi connectivity index (χ4n) is 2.76. The predicted octanol–water partition coefficient (Wildman–Crippen LogP) is 5.42. The maximum atomic E-state index is 2.47. The minimum atomic E-state index is -1.57. The van der Waals surface area contributed by atoms with Gasteiger partial charge in [-0.15, -0.1) is 0 Å². The summed E-state index contributed by atoms with van der Waals surface area (Å²) >= 11 is 0. The Morgan fingerprint density at radius 2 is 0.952 bits per heavy atom. The summed E-state index contributed by atoms with van der Waals surface area (Å²) in [6.07, 6.45) is 14.2. The molecule has 0 atom stereocenters.